The topological polar surface area (TPSA) is 56.2 Å². The normalized spacial score (nSPS) is 14.6. The lowest BCUT2D eigenvalue weighted by molar-refractivity contribution is 0.200. The number of rotatable bonds is 8. The van der Waals surface area contributed by atoms with Gasteiger partial charge in [-0.3, -0.25) is 9.80 Å². The van der Waals surface area contributed by atoms with Gasteiger partial charge in [0, 0.05) is 38.4 Å². The minimum atomic E-state index is -0.974. The highest BCUT2D eigenvalue weighted by Gasteiger charge is 2.20. The number of carbonyl (C=O) groups is 1. The highest BCUT2D eigenvalue weighted by Crippen LogP contribution is 2.28. The molecule has 0 spiro atoms. The fraction of sp³-hybridized carbons (Fsp3) is 0.409. The SMILES string of the molecule is CCOc1ccccc1N(CCCN1CCN(c2ccc(F)cc2)CC1)C(=O)O. The van der Waals surface area contributed by atoms with Gasteiger partial charge in [-0.05, 0) is 56.3 Å². The first kappa shape index (κ1) is 20.9. The van der Waals surface area contributed by atoms with Gasteiger partial charge in [0.05, 0.1) is 12.3 Å². The van der Waals surface area contributed by atoms with Crippen LogP contribution in [-0.4, -0.2) is 62.0 Å². The third-order valence-corrected chi connectivity index (χ3v) is 5.11. The number of carboxylic acid groups (broad SMARTS) is 1. The van der Waals surface area contributed by atoms with Crippen LogP contribution in [0.25, 0.3) is 0 Å². The van der Waals surface area contributed by atoms with Crippen molar-refractivity contribution in [1.29, 1.82) is 0 Å². The lowest BCUT2D eigenvalue weighted by Gasteiger charge is -2.36. The van der Waals surface area contributed by atoms with Gasteiger partial charge >= 0.3 is 6.09 Å². The fourth-order valence-corrected chi connectivity index (χ4v) is 3.61. The zero-order valence-electron chi connectivity index (χ0n) is 16.8. The summed E-state index contributed by atoms with van der Waals surface area (Å²) >= 11 is 0. The van der Waals surface area contributed by atoms with Crippen LogP contribution in [0.1, 0.15) is 13.3 Å². The van der Waals surface area contributed by atoms with Crippen LogP contribution in [0.4, 0.5) is 20.6 Å². The summed E-state index contributed by atoms with van der Waals surface area (Å²) in [5, 5.41) is 9.66. The molecule has 1 amide bonds. The van der Waals surface area contributed by atoms with Crippen molar-refractivity contribution in [2.75, 3.05) is 55.7 Å². The molecular formula is C22H28FN3O3. The van der Waals surface area contributed by atoms with Crippen molar-refractivity contribution < 1.29 is 19.0 Å². The summed E-state index contributed by atoms with van der Waals surface area (Å²) in [6, 6.07) is 13.8. The zero-order valence-corrected chi connectivity index (χ0v) is 16.8. The van der Waals surface area contributed by atoms with Crippen LogP contribution < -0.4 is 14.5 Å². The molecule has 0 aromatic heterocycles. The largest absolute Gasteiger partial charge is 0.492 e. The van der Waals surface area contributed by atoms with Crippen molar-refractivity contribution in [2.45, 2.75) is 13.3 Å². The standard InChI is InChI=1S/C22H28FN3O3/c1-2-29-21-7-4-3-6-20(21)26(22(27)28)13-5-12-24-14-16-25(17-15-24)19-10-8-18(23)9-11-19/h3-4,6-11H,2,5,12-17H2,1H3,(H,27,28). The van der Waals surface area contributed by atoms with Gasteiger partial charge in [0.15, 0.2) is 0 Å². The summed E-state index contributed by atoms with van der Waals surface area (Å²) in [7, 11) is 0. The van der Waals surface area contributed by atoms with E-state index in [1.807, 2.05) is 31.2 Å². The molecule has 0 saturated carbocycles. The Hall–Kier alpha value is -2.80. The Morgan fingerprint density at radius 1 is 1.10 bits per heavy atom. The van der Waals surface area contributed by atoms with Gasteiger partial charge in [0.2, 0.25) is 0 Å². The molecule has 156 valence electrons. The number of anilines is 2. The molecule has 1 fully saturated rings. The van der Waals surface area contributed by atoms with Crippen LogP contribution >= 0.6 is 0 Å². The van der Waals surface area contributed by atoms with Crippen LogP contribution in [0.3, 0.4) is 0 Å². The molecule has 7 heteroatoms. The second-order valence-corrected chi connectivity index (χ2v) is 6.99. The number of piperazine rings is 1. The molecule has 0 unspecified atom stereocenters. The maximum absolute atomic E-state index is 13.1. The number of nitrogens with zero attached hydrogens (tertiary/aromatic N) is 3. The molecule has 1 saturated heterocycles. The van der Waals surface area contributed by atoms with E-state index in [4.69, 9.17) is 4.74 Å². The molecule has 0 aliphatic carbocycles. The lowest BCUT2D eigenvalue weighted by atomic mass is 10.2. The van der Waals surface area contributed by atoms with Crippen molar-refractivity contribution >= 4 is 17.5 Å². The van der Waals surface area contributed by atoms with Gasteiger partial charge in [-0.25, -0.2) is 9.18 Å². The van der Waals surface area contributed by atoms with Gasteiger partial charge in [0.25, 0.3) is 0 Å². The van der Waals surface area contributed by atoms with Crippen molar-refractivity contribution in [1.82, 2.24) is 4.90 Å². The average Bonchev–Trinajstić information content (AvgIpc) is 2.73. The first-order chi connectivity index (χ1) is 14.1. The van der Waals surface area contributed by atoms with E-state index < -0.39 is 6.09 Å². The van der Waals surface area contributed by atoms with Crippen molar-refractivity contribution in [3.8, 4) is 5.75 Å². The maximum atomic E-state index is 13.1. The second kappa shape index (κ2) is 10.1. The second-order valence-electron chi connectivity index (χ2n) is 6.99. The first-order valence-electron chi connectivity index (χ1n) is 10.0. The Kier molecular flexibility index (Phi) is 7.30. The van der Waals surface area contributed by atoms with E-state index >= 15 is 0 Å². The quantitative estimate of drug-likeness (QED) is 0.727. The van der Waals surface area contributed by atoms with Crippen molar-refractivity contribution in [3.63, 3.8) is 0 Å². The van der Waals surface area contributed by atoms with Gasteiger partial charge in [-0.1, -0.05) is 12.1 Å². The molecular weight excluding hydrogens is 373 g/mol. The Balaban J connectivity index is 1.50. The minimum Gasteiger partial charge on any atom is -0.492 e. The first-order valence-corrected chi connectivity index (χ1v) is 10.0. The highest BCUT2D eigenvalue weighted by molar-refractivity contribution is 5.88. The van der Waals surface area contributed by atoms with E-state index in [1.54, 1.807) is 12.1 Å². The molecule has 1 N–H and O–H groups in total. The molecule has 29 heavy (non-hydrogen) atoms. The van der Waals surface area contributed by atoms with E-state index in [2.05, 4.69) is 9.80 Å². The van der Waals surface area contributed by atoms with Crippen LogP contribution in [0, 0.1) is 5.82 Å². The number of hydrogen-bond donors (Lipinski definition) is 1. The molecule has 0 atom stereocenters. The fourth-order valence-electron chi connectivity index (χ4n) is 3.61. The summed E-state index contributed by atoms with van der Waals surface area (Å²) in [4.78, 5) is 17.7. The molecule has 1 heterocycles. The molecule has 2 aromatic carbocycles. The van der Waals surface area contributed by atoms with E-state index in [0.29, 0.717) is 24.6 Å². The van der Waals surface area contributed by atoms with E-state index in [9.17, 15) is 14.3 Å². The number of hydrogen-bond acceptors (Lipinski definition) is 4. The van der Waals surface area contributed by atoms with Crippen molar-refractivity contribution in [3.05, 3.63) is 54.3 Å². The summed E-state index contributed by atoms with van der Waals surface area (Å²) in [5.74, 6) is 0.367. The van der Waals surface area contributed by atoms with Crippen LogP contribution in [0.15, 0.2) is 48.5 Å². The zero-order chi connectivity index (χ0) is 20.6. The van der Waals surface area contributed by atoms with Gasteiger partial charge in [0.1, 0.15) is 11.6 Å². The summed E-state index contributed by atoms with van der Waals surface area (Å²) < 4.78 is 18.7. The number of para-hydroxylation sites is 2. The van der Waals surface area contributed by atoms with Gasteiger partial charge < -0.3 is 14.7 Å². The van der Waals surface area contributed by atoms with E-state index in [-0.39, 0.29) is 5.82 Å². The predicted octanol–water partition coefficient (Wildman–Crippen LogP) is 3.92. The van der Waals surface area contributed by atoms with E-state index in [0.717, 1.165) is 44.8 Å². The van der Waals surface area contributed by atoms with Crippen molar-refractivity contribution in [2.24, 2.45) is 0 Å². The maximum Gasteiger partial charge on any atom is 0.411 e. The third kappa shape index (κ3) is 5.60. The number of amides is 1. The molecule has 0 bridgehead atoms. The number of benzene rings is 2. The molecule has 1 aliphatic rings. The molecule has 3 rings (SSSR count). The molecule has 6 nitrogen and oxygen atoms in total. The monoisotopic (exact) mass is 401 g/mol. The number of halogens is 1. The minimum absolute atomic E-state index is 0.221. The van der Waals surface area contributed by atoms with Gasteiger partial charge in [-0.2, -0.15) is 0 Å². The highest BCUT2D eigenvalue weighted by atomic mass is 19.1. The summed E-state index contributed by atoms with van der Waals surface area (Å²) in [6.07, 6.45) is -0.234. The van der Waals surface area contributed by atoms with Crippen LogP contribution in [0.2, 0.25) is 0 Å². The molecule has 1 aliphatic heterocycles. The van der Waals surface area contributed by atoms with Crippen LogP contribution in [-0.2, 0) is 0 Å². The van der Waals surface area contributed by atoms with Crippen LogP contribution in [0.5, 0.6) is 5.75 Å². The average molecular weight is 401 g/mol. The van der Waals surface area contributed by atoms with Gasteiger partial charge in [-0.15, -0.1) is 0 Å². The number of ether oxygens (including phenoxy) is 1. The molecule has 0 radical (unpaired) electrons. The van der Waals surface area contributed by atoms with E-state index in [1.165, 1.54) is 17.0 Å². The predicted molar refractivity (Wildman–Crippen MR) is 113 cm³/mol. The Labute approximate surface area is 171 Å². The lowest BCUT2D eigenvalue weighted by Crippen LogP contribution is -2.47. The third-order valence-electron chi connectivity index (χ3n) is 5.11. The Bertz CT molecular complexity index is 792. The Morgan fingerprint density at radius 3 is 2.45 bits per heavy atom. The summed E-state index contributed by atoms with van der Waals surface area (Å²) in [5.41, 5.74) is 1.62. The smallest absolute Gasteiger partial charge is 0.411 e. The molecule has 2 aromatic rings. The summed E-state index contributed by atoms with van der Waals surface area (Å²) in [6.45, 7) is 7.18. The Morgan fingerprint density at radius 2 is 1.79 bits per heavy atom.